The van der Waals surface area contributed by atoms with Crippen molar-refractivity contribution in [3.63, 3.8) is 0 Å². The van der Waals surface area contributed by atoms with E-state index in [0.717, 1.165) is 35.0 Å². The van der Waals surface area contributed by atoms with Crippen molar-refractivity contribution in [2.75, 3.05) is 19.8 Å². The molecule has 1 fully saturated rings. The molecule has 0 atom stereocenters. The Morgan fingerprint density at radius 1 is 1.27 bits per heavy atom. The molecule has 0 radical (unpaired) electrons. The second kappa shape index (κ2) is 9.49. The summed E-state index contributed by atoms with van der Waals surface area (Å²) in [6.07, 6.45) is 2.08. The van der Waals surface area contributed by atoms with Gasteiger partial charge in [0, 0.05) is 59.6 Å². The van der Waals surface area contributed by atoms with Gasteiger partial charge in [0.15, 0.2) is 0 Å². The minimum Gasteiger partial charge on any atom is -0.381 e. The Morgan fingerprint density at radius 2 is 2.00 bits per heavy atom. The van der Waals surface area contributed by atoms with Crippen molar-refractivity contribution < 1.29 is 9.53 Å². The summed E-state index contributed by atoms with van der Waals surface area (Å²) in [7, 11) is 1.80. The summed E-state index contributed by atoms with van der Waals surface area (Å²) in [5, 5.41) is 9.59. The van der Waals surface area contributed by atoms with Gasteiger partial charge in [-0.15, -0.1) is 0 Å². The molecule has 1 aromatic carbocycles. The van der Waals surface area contributed by atoms with Crippen LogP contribution in [-0.2, 0) is 28.4 Å². The molecular formula is C24H28Cl2N4O3. The number of benzene rings is 1. The molecule has 1 aliphatic rings. The third-order valence-corrected chi connectivity index (χ3v) is 7.28. The Hall–Kier alpha value is -2.35. The van der Waals surface area contributed by atoms with Crippen molar-refractivity contribution in [2.24, 2.45) is 7.05 Å². The number of hydrogen-bond donors (Lipinski definition) is 2. The van der Waals surface area contributed by atoms with Crippen LogP contribution in [0.15, 0.2) is 23.0 Å². The second-order valence-electron chi connectivity index (χ2n) is 8.78. The first-order valence-corrected chi connectivity index (χ1v) is 11.8. The lowest BCUT2D eigenvalue weighted by Crippen LogP contribution is -2.45. The third-order valence-electron chi connectivity index (χ3n) is 6.73. The monoisotopic (exact) mass is 490 g/mol. The van der Waals surface area contributed by atoms with E-state index in [2.05, 4.69) is 15.4 Å². The van der Waals surface area contributed by atoms with E-state index in [1.807, 2.05) is 26.0 Å². The van der Waals surface area contributed by atoms with E-state index in [1.54, 1.807) is 17.8 Å². The largest absolute Gasteiger partial charge is 0.381 e. The van der Waals surface area contributed by atoms with Gasteiger partial charge in [-0.2, -0.15) is 5.10 Å². The van der Waals surface area contributed by atoms with Crippen LogP contribution in [0, 0.1) is 13.8 Å². The van der Waals surface area contributed by atoms with Crippen molar-refractivity contribution in [1.29, 1.82) is 0 Å². The molecule has 176 valence electrons. The average molecular weight is 491 g/mol. The van der Waals surface area contributed by atoms with Crippen LogP contribution < -0.4 is 10.9 Å². The zero-order valence-electron chi connectivity index (χ0n) is 19.1. The van der Waals surface area contributed by atoms with E-state index in [1.165, 1.54) is 0 Å². The number of halogens is 2. The summed E-state index contributed by atoms with van der Waals surface area (Å²) in [6, 6.07) is 5.51. The highest BCUT2D eigenvalue weighted by molar-refractivity contribution is 6.35. The quantitative estimate of drug-likeness (QED) is 0.546. The number of fused-ring (bicyclic) bond motifs is 1. The number of H-pyrrole nitrogens is 1. The molecule has 9 heteroatoms. The van der Waals surface area contributed by atoms with Gasteiger partial charge < -0.3 is 15.0 Å². The number of aryl methyl sites for hydroxylation is 3. The summed E-state index contributed by atoms with van der Waals surface area (Å²) in [4.78, 5) is 28.4. The molecule has 2 aromatic heterocycles. The number of aromatic amines is 1. The number of carbonyl (C=O) groups excluding carboxylic acids is 1. The normalized spacial score (nSPS) is 15.7. The van der Waals surface area contributed by atoms with Gasteiger partial charge in [0.1, 0.15) is 5.65 Å². The van der Waals surface area contributed by atoms with E-state index in [0.29, 0.717) is 47.4 Å². The Labute approximate surface area is 202 Å². The van der Waals surface area contributed by atoms with E-state index in [-0.39, 0.29) is 23.3 Å². The first-order valence-electron chi connectivity index (χ1n) is 11.1. The van der Waals surface area contributed by atoms with Crippen LogP contribution in [0.3, 0.4) is 0 Å². The molecule has 7 nitrogen and oxygen atoms in total. The topological polar surface area (TPSA) is 89.0 Å². The number of amides is 1. The number of nitrogens with zero attached hydrogens (tertiary/aromatic N) is 2. The summed E-state index contributed by atoms with van der Waals surface area (Å²) in [5.41, 5.74) is 3.54. The molecule has 0 bridgehead atoms. The van der Waals surface area contributed by atoms with Crippen molar-refractivity contribution in [2.45, 2.75) is 44.9 Å². The van der Waals surface area contributed by atoms with Crippen molar-refractivity contribution >= 4 is 40.1 Å². The van der Waals surface area contributed by atoms with Gasteiger partial charge in [-0.1, -0.05) is 29.3 Å². The highest BCUT2D eigenvalue weighted by Crippen LogP contribution is 2.39. The Kier molecular flexibility index (Phi) is 6.84. The first kappa shape index (κ1) is 23.8. The molecule has 3 aromatic rings. The summed E-state index contributed by atoms with van der Waals surface area (Å²) in [5.74, 6) is -0.104. The Morgan fingerprint density at radius 3 is 2.70 bits per heavy atom. The lowest BCUT2D eigenvalue weighted by Gasteiger charge is -2.38. The zero-order valence-corrected chi connectivity index (χ0v) is 20.6. The molecule has 2 N–H and O–H groups in total. The average Bonchev–Trinajstić information content (AvgIpc) is 3.05. The van der Waals surface area contributed by atoms with Gasteiger partial charge in [0.25, 0.3) is 5.56 Å². The lowest BCUT2D eigenvalue weighted by atomic mass is 9.74. The molecule has 1 saturated heterocycles. The van der Waals surface area contributed by atoms with Gasteiger partial charge in [0.05, 0.1) is 5.69 Å². The van der Waals surface area contributed by atoms with Crippen LogP contribution in [0.4, 0.5) is 0 Å². The zero-order chi connectivity index (χ0) is 23.8. The second-order valence-corrected chi connectivity index (χ2v) is 9.63. The van der Waals surface area contributed by atoms with Gasteiger partial charge in [-0.25, -0.2) is 0 Å². The number of ether oxygens (including phenoxy) is 1. The number of nitrogens with one attached hydrogen (secondary N) is 2. The van der Waals surface area contributed by atoms with Gasteiger partial charge in [-0.05, 0) is 56.4 Å². The number of hydrogen-bond acceptors (Lipinski definition) is 4. The predicted octanol–water partition coefficient (Wildman–Crippen LogP) is 3.98. The minimum absolute atomic E-state index is 0.104. The lowest BCUT2D eigenvalue weighted by molar-refractivity contribution is -0.121. The van der Waals surface area contributed by atoms with Crippen LogP contribution in [0.25, 0.3) is 11.0 Å². The molecular weight excluding hydrogens is 463 g/mol. The fourth-order valence-electron chi connectivity index (χ4n) is 4.87. The predicted molar refractivity (Wildman–Crippen MR) is 130 cm³/mol. The maximum absolute atomic E-state index is 12.8. The molecule has 0 aliphatic carbocycles. The van der Waals surface area contributed by atoms with Gasteiger partial charge >= 0.3 is 0 Å². The maximum atomic E-state index is 12.8. The highest BCUT2D eigenvalue weighted by atomic mass is 35.5. The van der Waals surface area contributed by atoms with Crippen molar-refractivity contribution in [3.8, 4) is 0 Å². The van der Waals surface area contributed by atoms with Crippen LogP contribution in [-0.4, -0.2) is 40.4 Å². The summed E-state index contributed by atoms with van der Waals surface area (Å²) < 4.78 is 7.24. The number of pyridine rings is 1. The molecule has 0 saturated carbocycles. The van der Waals surface area contributed by atoms with Gasteiger partial charge in [0.2, 0.25) is 5.91 Å². The summed E-state index contributed by atoms with van der Waals surface area (Å²) in [6.45, 7) is 5.49. The molecule has 4 rings (SSSR count). The van der Waals surface area contributed by atoms with E-state index in [9.17, 15) is 9.59 Å². The van der Waals surface area contributed by atoms with Crippen LogP contribution in [0.1, 0.15) is 41.6 Å². The van der Waals surface area contributed by atoms with Crippen LogP contribution in [0.5, 0.6) is 0 Å². The smallest absolute Gasteiger partial charge is 0.253 e. The first-order chi connectivity index (χ1) is 15.7. The number of aromatic nitrogens is 3. The van der Waals surface area contributed by atoms with Crippen LogP contribution in [0.2, 0.25) is 10.0 Å². The van der Waals surface area contributed by atoms with E-state index < -0.39 is 0 Å². The molecule has 33 heavy (non-hydrogen) atoms. The van der Waals surface area contributed by atoms with E-state index >= 15 is 0 Å². The number of carbonyl (C=O) groups is 1. The van der Waals surface area contributed by atoms with Crippen molar-refractivity contribution in [3.05, 3.63) is 61.0 Å². The molecule has 0 unspecified atom stereocenters. The standard InChI is InChI=1S/C24H28Cl2N4O3/c1-14-17(23(32)28-22-21(14)15(2)29-30(22)3)5-7-20(31)27-13-24(8-10-33-11-9-24)18-6-4-16(25)12-19(18)26/h4,6,12H,5,7-11,13H2,1-3H3,(H,27,31)(H,28,32). The SMILES string of the molecule is Cc1nn(C)c2[nH]c(=O)c(CCC(=O)NCC3(c4ccc(Cl)cc4Cl)CCOCC3)c(C)c12. The van der Waals surface area contributed by atoms with Gasteiger partial charge in [-0.3, -0.25) is 14.3 Å². The van der Waals surface area contributed by atoms with E-state index in [4.69, 9.17) is 27.9 Å². The van der Waals surface area contributed by atoms with Crippen LogP contribution >= 0.6 is 23.2 Å². The summed E-state index contributed by atoms with van der Waals surface area (Å²) >= 11 is 12.6. The molecule has 1 amide bonds. The number of rotatable bonds is 6. The fraction of sp³-hybridized carbons (Fsp3) is 0.458. The molecule has 3 heterocycles. The molecule has 1 aliphatic heterocycles. The minimum atomic E-state index is -0.311. The van der Waals surface area contributed by atoms with Crippen molar-refractivity contribution in [1.82, 2.24) is 20.1 Å². The Bertz CT molecular complexity index is 1260. The fourth-order valence-corrected chi connectivity index (χ4v) is 5.48. The third kappa shape index (κ3) is 4.67. The Balaban J connectivity index is 1.48. The molecule has 0 spiro atoms. The highest BCUT2D eigenvalue weighted by Gasteiger charge is 2.36. The maximum Gasteiger partial charge on any atom is 0.253 e.